The predicted octanol–water partition coefficient (Wildman–Crippen LogP) is 1.42. The molecular weight excluding hydrogens is 328 g/mol. The maximum absolute atomic E-state index is 12.3. The maximum Gasteiger partial charge on any atom is 0.408 e. The average Bonchev–Trinajstić information content (AvgIpc) is 2.46. The maximum atomic E-state index is 12.3. The third-order valence-electron chi connectivity index (χ3n) is 3.11. The van der Waals surface area contributed by atoms with Crippen molar-refractivity contribution in [2.75, 3.05) is 0 Å². The molecule has 0 aliphatic heterocycles. The van der Waals surface area contributed by atoms with Gasteiger partial charge in [0.2, 0.25) is 5.91 Å². The lowest BCUT2D eigenvalue weighted by atomic mass is 10.0. The first-order valence-electron chi connectivity index (χ1n) is 7.78. The second-order valence-corrected chi connectivity index (χ2v) is 6.64. The Morgan fingerprint density at radius 3 is 2.16 bits per heavy atom. The molecule has 2 amide bonds. The number of hydrogen-bond acceptors (Lipinski definition) is 5. The van der Waals surface area contributed by atoms with Crippen molar-refractivity contribution in [3.63, 3.8) is 0 Å². The second kappa shape index (κ2) is 8.36. The molecule has 0 fully saturated rings. The number of amides is 2. The molecule has 0 aliphatic rings. The monoisotopic (exact) mass is 352 g/mol. The van der Waals surface area contributed by atoms with Gasteiger partial charge in [-0.1, -0.05) is 12.1 Å². The summed E-state index contributed by atoms with van der Waals surface area (Å²) in [5.41, 5.74) is -0.0603. The van der Waals surface area contributed by atoms with E-state index in [-0.39, 0.29) is 12.2 Å². The third-order valence-corrected chi connectivity index (χ3v) is 3.11. The van der Waals surface area contributed by atoms with Gasteiger partial charge >= 0.3 is 12.1 Å². The van der Waals surface area contributed by atoms with Gasteiger partial charge in [-0.05, 0) is 45.4 Å². The Kier molecular flexibility index (Phi) is 6.78. The highest BCUT2D eigenvalue weighted by Crippen LogP contribution is 2.12. The Labute approximate surface area is 146 Å². The van der Waals surface area contributed by atoms with Crippen molar-refractivity contribution < 1.29 is 29.3 Å². The van der Waals surface area contributed by atoms with Gasteiger partial charge in [0.1, 0.15) is 23.4 Å². The third kappa shape index (κ3) is 7.56. The molecule has 0 heterocycles. The molecule has 0 aliphatic carbocycles. The van der Waals surface area contributed by atoms with Crippen LogP contribution < -0.4 is 10.6 Å². The number of carboxylic acids is 1. The zero-order chi connectivity index (χ0) is 19.2. The molecule has 138 valence electrons. The molecule has 0 saturated carbocycles. The van der Waals surface area contributed by atoms with E-state index in [2.05, 4.69) is 10.6 Å². The van der Waals surface area contributed by atoms with Crippen LogP contribution in [0.3, 0.4) is 0 Å². The summed E-state index contributed by atoms with van der Waals surface area (Å²) in [5, 5.41) is 23.0. The van der Waals surface area contributed by atoms with Crippen LogP contribution in [-0.4, -0.2) is 45.9 Å². The first-order chi connectivity index (χ1) is 11.5. The van der Waals surface area contributed by atoms with Crippen molar-refractivity contribution in [1.82, 2.24) is 10.6 Å². The number of aliphatic carboxylic acids is 1. The number of nitrogens with one attached hydrogen (secondary N) is 2. The topological polar surface area (TPSA) is 125 Å². The first kappa shape index (κ1) is 20.3. The summed E-state index contributed by atoms with van der Waals surface area (Å²) in [6, 6.07) is 3.99. The SMILES string of the molecule is C[C@@H](NC(=O)C(Cc1ccc(O)cc1)NC(=O)OC(C)(C)C)C(=O)O. The molecule has 8 nitrogen and oxygen atoms in total. The average molecular weight is 352 g/mol. The number of carbonyl (C=O) groups excluding carboxylic acids is 2. The molecule has 0 bridgehead atoms. The Morgan fingerprint density at radius 1 is 1.12 bits per heavy atom. The molecule has 1 rings (SSSR count). The lowest BCUT2D eigenvalue weighted by molar-refractivity contribution is -0.141. The largest absolute Gasteiger partial charge is 0.508 e. The van der Waals surface area contributed by atoms with Crippen LogP contribution in [0.5, 0.6) is 5.75 Å². The number of benzene rings is 1. The van der Waals surface area contributed by atoms with E-state index in [1.165, 1.54) is 19.1 Å². The van der Waals surface area contributed by atoms with Gasteiger partial charge in [0.25, 0.3) is 0 Å². The van der Waals surface area contributed by atoms with Crippen LogP contribution in [0.1, 0.15) is 33.3 Å². The smallest absolute Gasteiger partial charge is 0.408 e. The van der Waals surface area contributed by atoms with E-state index in [0.717, 1.165) is 0 Å². The zero-order valence-electron chi connectivity index (χ0n) is 14.7. The second-order valence-electron chi connectivity index (χ2n) is 6.64. The molecular formula is C17H24N2O6. The van der Waals surface area contributed by atoms with Crippen molar-refractivity contribution in [3.8, 4) is 5.75 Å². The predicted molar refractivity (Wildman–Crippen MR) is 90.2 cm³/mol. The number of hydrogen-bond donors (Lipinski definition) is 4. The quantitative estimate of drug-likeness (QED) is 0.613. The molecule has 8 heteroatoms. The fourth-order valence-electron chi connectivity index (χ4n) is 1.90. The number of carboxylic acid groups (broad SMARTS) is 1. The summed E-state index contributed by atoms with van der Waals surface area (Å²) in [6.07, 6.45) is -0.674. The van der Waals surface area contributed by atoms with Crippen LogP contribution >= 0.6 is 0 Å². The van der Waals surface area contributed by atoms with E-state index in [4.69, 9.17) is 9.84 Å². The summed E-state index contributed by atoms with van der Waals surface area (Å²) >= 11 is 0. The molecule has 0 spiro atoms. The molecule has 25 heavy (non-hydrogen) atoms. The number of phenols is 1. The van der Waals surface area contributed by atoms with Gasteiger partial charge in [-0.25, -0.2) is 4.79 Å². The van der Waals surface area contributed by atoms with E-state index in [1.807, 2.05) is 0 Å². The summed E-state index contributed by atoms with van der Waals surface area (Å²) in [4.78, 5) is 35.2. The molecule has 0 saturated heterocycles. The molecule has 0 radical (unpaired) electrons. The number of alkyl carbamates (subject to hydrolysis) is 1. The minimum absolute atomic E-state index is 0.0735. The van der Waals surface area contributed by atoms with E-state index in [1.54, 1.807) is 32.9 Å². The van der Waals surface area contributed by atoms with E-state index in [0.29, 0.717) is 5.56 Å². The number of aromatic hydroxyl groups is 1. The van der Waals surface area contributed by atoms with Crippen LogP contribution in [0, 0.1) is 0 Å². The van der Waals surface area contributed by atoms with E-state index < -0.39 is 35.7 Å². The van der Waals surface area contributed by atoms with Gasteiger partial charge in [0.15, 0.2) is 0 Å². The van der Waals surface area contributed by atoms with Crippen LogP contribution in [0.2, 0.25) is 0 Å². The van der Waals surface area contributed by atoms with Gasteiger partial charge in [0, 0.05) is 6.42 Å². The number of phenolic OH excluding ortho intramolecular Hbond substituents is 1. The highest BCUT2D eigenvalue weighted by Gasteiger charge is 2.26. The van der Waals surface area contributed by atoms with Crippen molar-refractivity contribution in [2.45, 2.75) is 51.8 Å². The fourth-order valence-corrected chi connectivity index (χ4v) is 1.90. The highest BCUT2D eigenvalue weighted by molar-refractivity contribution is 5.89. The summed E-state index contributed by atoms with van der Waals surface area (Å²) in [7, 11) is 0. The van der Waals surface area contributed by atoms with Crippen molar-refractivity contribution in [1.29, 1.82) is 0 Å². The Balaban J connectivity index is 2.88. The summed E-state index contributed by atoms with van der Waals surface area (Å²) in [5.74, 6) is -1.76. The van der Waals surface area contributed by atoms with Crippen LogP contribution in [-0.2, 0) is 20.7 Å². The van der Waals surface area contributed by atoms with Gasteiger partial charge in [-0.15, -0.1) is 0 Å². The van der Waals surface area contributed by atoms with Crippen molar-refractivity contribution in [2.24, 2.45) is 0 Å². The Bertz CT molecular complexity index is 621. The normalized spacial score (nSPS) is 13.4. The van der Waals surface area contributed by atoms with Gasteiger partial charge < -0.3 is 25.6 Å². The lowest BCUT2D eigenvalue weighted by Gasteiger charge is -2.24. The minimum Gasteiger partial charge on any atom is -0.508 e. The van der Waals surface area contributed by atoms with Crippen LogP contribution in [0.4, 0.5) is 4.79 Å². The van der Waals surface area contributed by atoms with E-state index >= 15 is 0 Å². The zero-order valence-corrected chi connectivity index (χ0v) is 14.7. The van der Waals surface area contributed by atoms with Crippen LogP contribution in [0.15, 0.2) is 24.3 Å². The van der Waals surface area contributed by atoms with Crippen molar-refractivity contribution in [3.05, 3.63) is 29.8 Å². The summed E-state index contributed by atoms with van der Waals surface area (Å²) < 4.78 is 5.14. The van der Waals surface area contributed by atoms with Gasteiger partial charge in [-0.3, -0.25) is 9.59 Å². The highest BCUT2D eigenvalue weighted by atomic mass is 16.6. The lowest BCUT2D eigenvalue weighted by Crippen LogP contribution is -2.52. The number of ether oxygens (including phenoxy) is 1. The molecule has 4 N–H and O–H groups in total. The van der Waals surface area contributed by atoms with Gasteiger partial charge in [0.05, 0.1) is 0 Å². The Morgan fingerprint density at radius 2 is 1.68 bits per heavy atom. The van der Waals surface area contributed by atoms with E-state index in [9.17, 15) is 19.5 Å². The standard InChI is InChI=1S/C17H24N2O6/c1-10(15(22)23)18-14(21)13(19-16(24)25-17(2,3)4)9-11-5-7-12(20)8-6-11/h5-8,10,13,20H,9H2,1-4H3,(H,18,21)(H,19,24)(H,22,23)/t10-,13?/m1/s1. The van der Waals surface area contributed by atoms with Crippen molar-refractivity contribution >= 4 is 18.0 Å². The number of carbonyl (C=O) groups is 3. The molecule has 2 atom stereocenters. The minimum atomic E-state index is -1.19. The summed E-state index contributed by atoms with van der Waals surface area (Å²) in [6.45, 7) is 6.39. The van der Waals surface area contributed by atoms with Crippen LogP contribution in [0.25, 0.3) is 0 Å². The molecule has 1 aromatic carbocycles. The molecule has 1 unspecified atom stereocenters. The molecule has 1 aromatic rings. The fraction of sp³-hybridized carbons (Fsp3) is 0.471. The Hall–Kier alpha value is -2.77. The number of rotatable bonds is 6. The first-order valence-corrected chi connectivity index (χ1v) is 7.78. The van der Waals surface area contributed by atoms with Gasteiger partial charge in [-0.2, -0.15) is 0 Å². The molecule has 0 aromatic heterocycles.